The average Bonchev–Trinajstić information content (AvgIpc) is 3.29. The summed E-state index contributed by atoms with van der Waals surface area (Å²) in [7, 11) is 1.66. The highest BCUT2D eigenvalue weighted by atomic mass is 35.5. The number of nitrogens with zero attached hydrogens (tertiary/aromatic N) is 5. The Morgan fingerprint density at radius 2 is 1.85 bits per heavy atom. The van der Waals surface area contributed by atoms with Crippen molar-refractivity contribution in [2.75, 3.05) is 7.11 Å². The molecule has 1 N–H and O–H groups in total. The van der Waals surface area contributed by atoms with Crippen molar-refractivity contribution < 1.29 is 9.47 Å². The number of H-pyrrole nitrogens is 1. The van der Waals surface area contributed by atoms with E-state index < -0.39 is 0 Å². The SMILES string of the molecule is COCc1c(-c2cc(C)nc3c(OCc4c(Cl)cc(C)nc4Cn4cccc(C#N)c4=O)cccc23)n[nH]c1C. The number of nitriles is 1. The summed E-state index contributed by atoms with van der Waals surface area (Å²) in [6.07, 6.45) is 1.62. The van der Waals surface area contributed by atoms with Crippen molar-refractivity contribution in [3.05, 3.63) is 104 Å². The molecule has 4 heterocycles. The van der Waals surface area contributed by atoms with Gasteiger partial charge in [0.1, 0.15) is 29.5 Å². The van der Waals surface area contributed by atoms with Crippen molar-refractivity contribution in [2.45, 2.75) is 40.5 Å². The molecule has 0 saturated carbocycles. The van der Waals surface area contributed by atoms with Crippen LogP contribution in [0.4, 0.5) is 0 Å². The minimum Gasteiger partial charge on any atom is -0.486 e. The van der Waals surface area contributed by atoms with Gasteiger partial charge in [-0.15, -0.1) is 0 Å². The molecule has 0 aliphatic heterocycles. The van der Waals surface area contributed by atoms with E-state index in [-0.39, 0.29) is 24.3 Å². The van der Waals surface area contributed by atoms with Gasteiger partial charge >= 0.3 is 0 Å². The van der Waals surface area contributed by atoms with Crippen LogP contribution in [0.2, 0.25) is 5.02 Å². The van der Waals surface area contributed by atoms with Crippen LogP contribution in [0.1, 0.15) is 39.5 Å². The number of methoxy groups -OCH3 is 1. The third kappa shape index (κ3) is 5.19. The van der Waals surface area contributed by atoms with E-state index in [0.717, 1.165) is 33.6 Å². The summed E-state index contributed by atoms with van der Waals surface area (Å²) in [5.74, 6) is 0.578. The van der Waals surface area contributed by atoms with Gasteiger partial charge < -0.3 is 14.0 Å². The van der Waals surface area contributed by atoms with Gasteiger partial charge in [-0.3, -0.25) is 14.9 Å². The van der Waals surface area contributed by atoms with Crippen molar-refractivity contribution in [1.29, 1.82) is 5.26 Å². The van der Waals surface area contributed by atoms with Crippen LogP contribution in [0.5, 0.6) is 5.75 Å². The van der Waals surface area contributed by atoms with Crippen molar-refractivity contribution in [3.63, 3.8) is 0 Å². The van der Waals surface area contributed by atoms with Gasteiger partial charge in [-0.2, -0.15) is 10.4 Å². The van der Waals surface area contributed by atoms with Crippen molar-refractivity contribution in [2.24, 2.45) is 0 Å². The maximum Gasteiger partial charge on any atom is 0.268 e. The second-order valence-electron chi connectivity index (χ2n) is 9.50. The van der Waals surface area contributed by atoms with Crippen LogP contribution in [0, 0.1) is 32.1 Å². The van der Waals surface area contributed by atoms with Gasteiger partial charge in [0.2, 0.25) is 0 Å². The van der Waals surface area contributed by atoms with Gasteiger partial charge in [-0.1, -0.05) is 23.7 Å². The molecule has 0 fully saturated rings. The Morgan fingerprint density at radius 1 is 1.05 bits per heavy atom. The van der Waals surface area contributed by atoms with E-state index in [9.17, 15) is 10.1 Å². The molecule has 10 heteroatoms. The summed E-state index contributed by atoms with van der Waals surface area (Å²) < 4.78 is 13.2. The van der Waals surface area contributed by atoms with Gasteiger partial charge in [-0.25, -0.2) is 4.98 Å². The lowest BCUT2D eigenvalue weighted by atomic mass is 10.0. The molecule has 5 aromatic rings. The summed E-state index contributed by atoms with van der Waals surface area (Å²) in [6, 6.07) is 14.6. The van der Waals surface area contributed by atoms with Crippen LogP contribution in [0.15, 0.2) is 53.5 Å². The monoisotopic (exact) mass is 554 g/mol. The second-order valence-corrected chi connectivity index (χ2v) is 9.91. The molecule has 1 aromatic carbocycles. The van der Waals surface area contributed by atoms with Crippen molar-refractivity contribution in [1.82, 2.24) is 24.7 Å². The number of hydrogen-bond acceptors (Lipinski definition) is 7. The Bertz CT molecular complexity index is 1840. The molecule has 0 radical (unpaired) electrons. The number of fused-ring (bicyclic) bond motifs is 1. The standard InChI is InChI=1S/C30H27ClN6O3/c1-17-11-22(28-23(15-39-4)19(3)35-36-28)21-8-5-9-27(29(21)34-17)40-16-24-25(31)12-18(2)33-26(24)14-37-10-6-7-20(13-32)30(37)38/h5-12H,14-16H2,1-4H3,(H,35,36). The van der Waals surface area contributed by atoms with E-state index in [1.807, 2.05) is 51.1 Å². The molecule has 40 heavy (non-hydrogen) atoms. The largest absolute Gasteiger partial charge is 0.486 e. The molecule has 0 aliphatic carbocycles. The Morgan fingerprint density at radius 3 is 2.62 bits per heavy atom. The first-order chi connectivity index (χ1) is 19.3. The van der Waals surface area contributed by atoms with Gasteiger partial charge in [0.25, 0.3) is 5.56 Å². The fourth-order valence-electron chi connectivity index (χ4n) is 4.72. The molecule has 4 aromatic heterocycles. The molecule has 9 nitrogen and oxygen atoms in total. The lowest BCUT2D eigenvalue weighted by Gasteiger charge is -2.16. The second kappa shape index (κ2) is 11.3. The lowest BCUT2D eigenvalue weighted by Crippen LogP contribution is -2.23. The highest BCUT2D eigenvalue weighted by Crippen LogP contribution is 2.35. The van der Waals surface area contributed by atoms with E-state index in [1.165, 1.54) is 10.6 Å². The summed E-state index contributed by atoms with van der Waals surface area (Å²) >= 11 is 6.66. The smallest absolute Gasteiger partial charge is 0.268 e. The maximum absolute atomic E-state index is 12.7. The van der Waals surface area contributed by atoms with E-state index in [1.54, 1.807) is 25.4 Å². The summed E-state index contributed by atoms with van der Waals surface area (Å²) in [4.78, 5) is 22.1. The van der Waals surface area contributed by atoms with Crippen LogP contribution in [0.25, 0.3) is 22.2 Å². The first-order valence-electron chi connectivity index (χ1n) is 12.6. The van der Waals surface area contributed by atoms with Crippen LogP contribution < -0.4 is 10.3 Å². The number of benzene rings is 1. The van der Waals surface area contributed by atoms with E-state index >= 15 is 0 Å². The molecule has 0 spiro atoms. The summed E-state index contributed by atoms with van der Waals surface area (Å²) in [5, 5.41) is 18.3. The van der Waals surface area contributed by atoms with E-state index in [0.29, 0.717) is 39.8 Å². The predicted octanol–water partition coefficient (Wildman–Crippen LogP) is 5.41. The number of rotatable bonds is 8. The summed E-state index contributed by atoms with van der Waals surface area (Å²) in [6.45, 7) is 6.42. The predicted molar refractivity (Wildman–Crippen MR) is 152 cm³/mol. The zero-order valence-electron chi connectivity index (χ0n) is 22.6. The minimum absolute atomic E-state index is 0.0628. The molecule has 0 aliphatic rings. The number of aromatic nitrogens is 5. The van der Waals surface area contributed by atoms with Crippen LogP contribution in [0.3, 0.4) is 0 Å². The molecule has 0 unspecified atom stereocenters. The Hall–Kier alpha value is -4.52. The molecule has 0 atom stereocenters. The van der Waals surface area contributed by atoms with Gasteiger partial charge in [0.05, 0.1) is 29.6 Å². The topological polar surface area (TPSA) is 119 Å². The Balaban J connectivity index is 1.53. The molecule has 5 rings (SSSR count). The number of para-hydroxylation sites is 1. The number of nitrogens with one attached hydrogen (secondary N) is 1. The normalized spacial score (nSPS) is 11.1. The summed E-state index contributed by atoms with van der Waals surface area (Å²) in [5.41, 5.74) is 6.79. The van der Waals surface area contributed by atoms with Crippen LogP contribution in [-0.2, 0) is 24.5 Å². The van der Waals surface area contributed by atoms with Gasteiger partial charge in [0, 0.05) is 52.5 Å². The molecule has 0 bridgehead atoms. The van der Waals surface area contributed by atoms with Gasteiger partial charge in [0.15, 0.2) is 0 Å². The first kappa shape index (κ1) is 27.1. The van der Waals surface area contributed by atoms with Crippen molar-refractivity contribution >= 4 is 22.5 Å². The molecule has 0 saturated heterocycles. The van der Waals surface area contributed by atoms with Crippen LogP contribution in [-0.4, -0.2) is 31.8 Å². The maximum atomic E-state index is 12.7. The van der Waals surface area contributed by atoms with Crippen molar-refractivity contribution in [3.8, 4) is 23.1 Å². The lowest BCUT2D eigenvalue weighted by molar-refractivity contribution is 0.185. The van der Waals surface area contributed by atoms with E-state index in [2.05, 4.69) is 15.2 Å². The highest BCUT2D eigenvalue weighted by molar-refractivity contribution is 6.31. The first-order valence-corrected chi connectivity index (χ1v) is 13.0. The number of aryl methyl sites for hydroxylation is 3. The number of halogens is 1. The molecule has 0 amide bonds. The number of pyridine rings is 3. The fraction of sp³-hybridized carbons (Fsp3) is 0.233. The number of aromatic amines is 1. The highest BCUT2D eigenvalue weighted by Gasteiger charge is 2.19. The Labute approximate surface area is 236 Å². The molecular weight excluding hydrogens is 528 g/mol. The Kier molecular flexibility index (Phi) is 7.65. The zero-order valence-corrected chi connectivity index (χ0v) is 23.3. The molecule has 202 valence electrons. The quantitative estimate of drug-likeness (QED) is 0.272. The fourth-order valence-corrected chi connectivity index (χ4v) is 5.04. The number of hydrogen-bond donors (Lipinski definition) is 1. The zero-order chi connectivity index (χ0) is 28.4. The average molecular weight is 555 g/mol. The number of ether oxygens (including phenoxy) is 2. The van der Waals surface area contributed by atoms with Gasteiger partial charge in [-0.05, 0) is 51.1 Å². The third-order valence-electron chi connectivity index (χ3n) is 6.66. The third-order valence-corrected chi connectivity index (χ3v) is 7.00. The van der Waals surface area contributed by atoms with Crippen LogP contribution >= 0.6 is 11.6 Å². The molecular formula is C30H27ClN6O3. The minimum atomic E-state index is -0.390. The van der Waals surface area contributed by atoms with E-state index in [4.69, 9.17) is 26.1 Å².